The quantitative estimate of drug-likeness (QED) is 0.523. The molecule has 166 valence electrons. The molecule has 0 heterocycles. The molecular weight excluding hydrogens is 432 g/mol. The number of hydrogen-bond acceptors (Lipinski definition) is 6. The van der Waals surface area contributed by atoms with E-state index >= 15 is 0 Å². The molecule has 0 aliphatic carbocycles. The highest BCUT2D eigenvalue weighted by atomic mass is 32.2. The fourth-order valence-electron chi connectivity index (χ4n) is 2.65. The van der Waals surface area contributed by atoms with Crippen LogP contribution < -0.4 is 10.1 Å². The van der Waals surface area contributed by atoms with Crippen LogP contribution in [0.5, 0.6) is 11.5 Å². The monoisotopic (exact) mass is 454 g/mol. The molecule has 0 aliphatic rings. The Morgan fingerprint density at radius 1 is 0.875 bits per heavy atom. The number of benzene rings is 3. The van der Waals surface area contributed by atoms with E-state index < -0.39 is 28.5 Å². The Labute approximate surface area is 186 Å². The standard InChI is InChI=1S/C23H22N2O6S/c1-25(2)32(28,29)19-14-12-17(13-15-19)23(27)30-16-22(26)24-20-10-6-7-11-21(20)31-18-8-4-3-5-9-18/h3-15H,16H2,1-2H3,(H,24,26). The van der Waals surface area contributed by atoms with Crippen molar-refractivity contribution in [2.24, 2.45) is 0 Å². The Balaban J connectivity index is 1.59. The van der Waals surface area contributed by atoms with E-state index in [1.54, 1.807) is 36.4 Å². The van der Waals surface area contributed by atoms with E-state index in [9.17, 15) is 18.0 Å². The largest absolute Gasteiger partial charge is 0.455 e. The van der Waals surface area contributed by atoms with E-state index in [1.807, 2.05) is 18.2 Å². The number of hydrogen-bond donors (Lipinski definition) is 1. The van der Waals surface area contributed by atoms with Gasteiger partial charge in [-0.2, -0.15) is 0 Å². The van der Waals surface area contributed by atoms with Gasteiger partial charge in [-0.05, 0) is 48.5 Å². The van der Waals surface area contributed by atoms with Gasteiger partial charge >= 0.3 is 5.97 Å². The SMILES string of the molecule is CN(C)S(=O)(=O)c1ccc(C(=O)OCC(=O)Nc2ccccc2Oc2ccccc2)cc1. The lowest BCUT2D eigenvalue weighted by Crippen LogP contribution is -2.22. The molecular formula is C23H22N2O6S. The predicted octanol–water partition coefficient (Wildman–Crippen LogP) is 3.52. The van der Waals surface area contributed by atoms with Crippen molar-refractivity contribution < 1.29 is 27.5 Å². The van der Waals surface area contributed by atoms with Gasteiger partial charge in [-0.1, -0.05) is 30.3 Å². The van der Waals surface area contributed by atoms with Crippen LogP contribution in [-0.4, -0.2) is 45.3 Å². The number of ether oxygens (including phenoxy) is 2. The lowest BCUT2D eigenvalue weighted by atomic mass is 10.2. The molecule has 8 nitrogen and oxygen atoms in total. The van der Waals surface area contributed by atoms with Gasteiger partial charge in [0.2, 0.25) is 10.0 Å². The zero-order valence-electron chi connectivity index (χ0n) is 17.5. The van der Waals surface area contributed by atoms with E-state index in [4.69, 9.17) is 9.47 Å². The molecule has 1 amide bonds. The van der Waals surface area contributed by atoms with Gasteiger partial charge in [-0.3, -0.25) is 4.79 Å². The molecule has 0 fully saturated rings. The fourth-order valence-corrected chi connectivity index (χ4v) is 3.55. The summed E-state index contributed by atoms with van der Waals surface area (Å²) in [6.45, 7) is -0.518. The van der Waals surface area contributed by atoms with Crippen LogP contribution in [0.25, 0.3) is 0 Å². The third-order valence-electron chi connectivity index (χ3n) is 4.34. The zero-order chi connectivity index (χ0) is 23.1. The maximum Gasteiger partial charge on any atom is 0.338 e. The van der Waals surface area contributed by atoms with Crippen LogP contribution in [0.1, 0.15) is 10.4 Å². The molecule has 32 heavy (non-hydrogen) atoms. The van der Waals surface area contributed by atoms with E-state index in [0.29, 0.717) is 17.2 Å². The number of amides is 1. The topological polar surface area (TPSA) is 102 Å². The van der Waals surface area contributed by atoms with E-state index in [0.717, 1.165) is 4.31 Å². The second-order valence-corrected chi connectivity index (χ2v) is 9.00. The van der Waals surface area contributed by atoms with Crippen molar-refractivity contribution in [3.8, 4) is 11.5 Å². The smallest absolute Gasteiger partial charge is 0.338 e. The molecule has 0 bridgehead atoms. The summed E-state index contributed by atoms with van der Waals surface area (Å²) >= 11 is 0. The Hall–Kier alpha value is -3.69. The van der Waals surface area contributed by atoms with Crippen LogP contribution in [0.3, 0.4) is 0 Å². The second-order valence-electron chi connectivity index (χ2n) is 6.85. The van der Waals surface area contributed by atoms with Crippen molar-refractivity contribution in [1.82, 2.24) is 4.31 Å². The highest BCUT2D eigenvalue weighted by molar-refractivity contribution is 7.89. The molecule has 3 aromatic carbocycles. The van der Waals surface area contributed by atoms with E-state index in [1.165, 1.54) is 38.4 Å². The number of nitrogens with zero attached hydrogens (tertiary/aromatic N) is 1. The molecule has 0 aromatic heterocycles. The second kappa shape index (κ2) is 10.1. The number of anilines is 1. The van der Waals surface area contributed by atoms with Gasteiger partial charge in [0.1, 0.15) is 5.75 Å². The third-order valence-corrected chi connectivity index (χ3v) is 6.16. The molecule has 3 rings (SSSR count). The number of carbonyl (C=O) groups is 2. The lowest BCUT2D eigenvalue weighted by molar-refractivity contribution is -0.119. The van der Waals surface area contributed by atoms with Crippen LogP contribution in [0.15, 0.2) is 83.8 Å². The first-order valence-electron chi connectivity index (χ1n) is 9.59. The summed E-state index contributed by atoms with van der Waals surface area (Å²) in [6, 6.07) is 21.3. The maximum absolute atomic E-state index is 12.3. The van der Waals surface area contributed by atoms with E-state index in [-0.39, 0.29) is 10.5 Å². The van der Waals surface area contributed by atoms with Gasteiger partial charge in [0.15, 0.2) is 12.4 Å². The van der Waals surface area contributed by atoms with Crippen molar-refractivity contribution in [2.45, 2.75) is 4.90 Å². The molecule has 0 unspecified atom stereocenters. The van der Waals surface area contributed by atoms with Crippen molar-refractivity contribution >= 4 is 27.6 Å². The van der Waals surface area contributed by atoms with Gasteiger partial charge < -0.3 is 14.8 Å². The van der Waals surface area contributed by atoms with Crippen molar-refractivity contribution in [2.75, 3.05) is 26.0 Å². The van der Waals surface area contributed by atoms with Crippen LogP contribution in [0.2, 0.25) is 0 Å². The minimum absolute atomic E-state index is 0.0480. The minimum Gasteiger partial charge on any atom is -0.455 e. The highest BCUT2D eigenvalue weighted by Gasteiger charge is 2.18. The number of rotatable bonds is 8. The first kappa shape index (κ1) is 23.0. The summed E-state index contributed by atoms with van der Waals surface area (Å²) in [6.07, 6.45) is 0. The van der Waals surface area contributed by atoms with Crippen molar-refractivity contribution in [1.29, 1.82) is 0 Å². The molecule has 0 radical (unpaired) electrons. The van der Waals surface area contributed by atoms with Crippen molar-refractivity contribution in [3.05, 3.63) is 84.4 Å². The summed E-state index contributed by atoms with van der Waals surface area (Å²) in [5.74, 6) is -0.242. The molecule has 0 spiro atoms. The summed E-state index contributed by atoms with van der Waals surface area (Å²) in [5, 5.41) is 2.65. The lowest BCUT2D eigenvalue weighted by Gasteiger charge is -2.13. The summed E-state index contributed by atoms with van der Waals surface area (Å²) < 4.78 is 36.1. The van der Waals surface area contributed by atoms with Crippen LogP contribution >= 0.6 is 0 Å². The molecule has 1 N–H and O–H groups in total. The summed E-state index contributed by atoms with van der Waals surface area (Å²) in [7, 11) is -0.770. The van der Waals surface area contributed by atoms with E-state index in [2.05, 4.69) is 5.32 Å². The zero-order valence-corrected chi connectivity index (χ0v) is 18.3. The average molecular weight is 455 g/mol. The third kappa shape index (κ3) is 5.71. The highest BCUT2D eigenvalue weighted by Crippen LogP contribution is 2.29. The Kier molecular flexibility index (Phi) is 7.24. The number of para-hydroxylation sites is 3. The number of carbonyl (C=O) groups excluding carboxylic acids is 2. The van der Waals surface area contributed by atoms with Gasteiger partial charge in [-0.15, -0.1) is 0 Å². The molecule has 9 heteroatoms. The Morgan fingerprint density at radius 3 is 2.16 bits per heavy atom. The first-order chi connectivity index (χ1) is 15.3. The molecule has 0 saturated heterocycles. The molecule has 0 saturated carbocycles. The minimum atomic E-state index is -3.60. The van der Waals surface area contributed by atoms with Gasteiger partial charge in [0.25, 0.3) is 5.91 Å². The number of esters is 1. The molecule has 0 aliphatic heterocycles. The summed E-state index contributed by atoms with van der Waals surface area (Å²) in [5.41, 5.74) is 0.555. The fraction of sp³-hybridized carbons (Fsp3) is 0.130. The number of nitrogens with one attached hydrogen (secondary N) is 1. The van der Waals surface area contributed by atoms with Gasteiger partial charge in [-0.25, -0.2) is 17.5 Å². The normalized spacial score (nSPS) is 11.1. The van der Waals surface area contributed by atoms with Crippen molar-refractivity contribution in [3.63, 3.8) is 0 Å². The Bertz CT molecular complexity index is 1190. The number of sulfonamides is 1. The van der Waals surface area contributed by atoms with Gasteiger partial charge in [0.05, 0.1) is 16.1 Å². The molecule has 0 atom stereocenters. The first-order valence-corrected chi connectivity index (χ1v) is 11.0. The molecule has 3 aromatic rings. The Morgan fingerprint density at radius 2 is 1.50 bits per heavy atom. The van der Waals surface area contributed by atoms with Crippen LogP contribution in [0, 0.1) is 0 Å². The predicted molar refractivity (Wildman–Crippen MR) is 119 cm³/mol. The van der Waals surface area contributed by atoms with Crippen LogP contribution in [-0.2, 0) is 19.6 Å². The maximum atomic E-state index is 12.3. The average Bonchev–Trinajstić information content (AvgIpc) is 2.79. The van der Waals surface area contributed by atoms with Gasteiger partial charge in [0, 0.05) is 14.1 Å². The van der Waals surface area contributed by atoms with Crippen LogP contribution in [0.4, 0.5) is 5.69 Å². The summed E-state index contributed by atoms with van der Waals surface area (Å²) in [4.78, 5) is 24.6.